The second kappa shape index (κ2) is 12.9. The minimum atomic E-state index is -0.671. The zero-order valence-electron chi connectivity index (χ0n) is 28.8. The summed E-state index contributed by atoms with van der Waals surface area (Å²) in [5.41, 5.74) is 2.61. The average molecular weight is 698 g/mol. The number of hydrogen-bond acceptors (Lipinski definition) is 9. The quantitative estimate of drug-likeness (QED) is 0.254. The molecule has 4 aliphatic rings. The second-order valence-electron chi connectivity index (χ2n) is 14.3. The highest BCUT2D eigenvalue weighted by Gasteiger charge is 2.35. The molecule has 51 heavy (non-hydrogen) atoms. The number of amides is 2. The number of hydrogen-bond donors (Lipinski definition) is 2. The van der Waals surface area contributed by atoms with Crippen LogP contribution in [0.3, 0.4) is 0 Å². The van der Waals surface area contributed by atoms with Crippen LogP contribution in [-0.4, -0.2) is 85.6 Å². The smallest absolute Gasteiger partial charge is 0.407 e. The highest BCUT2D eigenvalue weighted by atomic mass is 19.1. The Labute approximate surface area is 294 Å². The Morgan fingerprint density at radius 3 is 2.65 bits per heavy atom. The van der Waals surface area contributed by atoms with Gasteiger partial charge in [0.15, 0.2) is 17.3 Å². The van der Waals surface area contributed by atoms with Crippen molar-refractivity contribution < 1.29 is 32.9 Å². The third kappa shape index (κ3) is 6.25. The van der Waals surface area contributed by atoms with Crippen molar-refractivity contribution in [2.45, 2.75) is 45.4 Å². The Bertz CT molecular complexity index is 2120. The summed E-state index contributed by atoms with van der Waals surface area (Å²) in [6, 6.07) is 12.6. The van der Waals surface area contributed by atoms with Gasteiger partial charge in [-0.05, 0) is 50.5 Å². The van der Waals surface area contributed by atoms with Crippen LogP contribution in [0.15, 0.2) is 53.5 Å². The molecule has 13 heteroatoms. The third-order valence-electron chi connectivity index (χ3n) is 9.68. The summed E-state index contributed by atoms with van der Waals surface area (Å²) in [6.07, 6.45) is 1.53. The van der Waals surface area contributed by atoms with Gasteiger partial charge in [-0.15, -0.1) is 0 Å². The fraction of sp³-hybridized carbons (Fsp3) is 0.395. The molecule has 0 spiro atoms. The predicted molar refractivity (Wildman–Crippen MR) is 189 cm³/mol. The van der Waals surface area contributed by atoms with Crippen LogP contribution < -0.4 is 30.4 Å². The molecular weight excluding hydrogens is 657 g/mol. The molecule has 12 nitrogen and oxygen atoms in total. The first-order chi connectivity index (χ1) is 24.5. The van der Waals surface area contributed by atoms with E-state index in [1.807, 2.05) is 35.2 Å². The number of anilines is 1. The van der Waals surface area contributed by atoms with Gasteiger partial charge in [0.1, 0.15) is 34.7 Å². The molecule has 4 aliphatic heterocycles. The molecule has 8 rings (SSSR count). The summed E-state index contributed by atoms with van der Waals surface area (Å²) in [4.78, 5) is 44.2. The molecule has 2 amide bonds. The van der Waals surface area contributed by atoms with Crippen LogP contribution in [0.2, 0.25) is 0 Å². The van der Waals surface area contributed by atoms with E-state index in [-0.39, 0.29) is 28.4 Å². The fourth-order valence-corrected chi connectivity index (χ4v) is 7.29. The van der Waals surface area contributed by atoms with Crippen molar-refractivity contribution in [2.75, 3.05) is 57.4 Å². The van der Waals surface area contributed by atoms with Crippen LogP contribution in [0.5, 0.6) is 17.2 Å². The van der Waals surface area contributed by atoms with Gasteiger partial charge in [0, 0.05) is 57.1 Å². The number of rotatable bonds is 6. The first kappa shape index (κ1) is 33.0. The lowest BCUT2D eigenvalue weighted by molar-refractivity contribution is 0.0383. The first-order valence-corrected chi connectivity index (χ1v) is 17.4. The maximum atomic E-state index is 16.4. The van der Waals surface area contributed by atoms with Gasteiger partial charge in [-0.1, -0.05) is 24.3 Å². The lowest BCUT2D eigenvalue weighted by Crippen LogP contribution is -2.42. The Morgan fingerprint density at radius 1 is 1.04 bits per heavy atom. The SMILES string of the molecule is CC(C)(C)OC(=O)N[C@H]1CCN(c2c(F)cc3c(=O)c(C(=O)NCCN4CCOCC4)cn4c3c2Oc2cc3c(cc2-4)-c2ccccc2CO3)C1. The van der Waals surface area contributed by atoms with E-state index >= 15 is 4.39 Å². The molecule has 0 unspecified atom stereocenters. The van der Waals surface area contributed by atoms with Crippen molar-refractivity contribution in [3.05, 3.63) is 75.8 Å². The van der Waals surface area contributed by atoms with Crippen LogP contribution in [-0.2, 0) is 16.1 Å². The highest BCUT2D eigenvalue weighted by Crippen LogP contribution is 2.51. The van der Waals surface area contributed by atoms with Crippen molar-refractivity contribution in [1.29, 1.82) is 0 Å². The molecule has 1 aromatic heterocycles. The number of halogens is 1. The Hall–Kier alpha value is -5.14. The molecule has 0 saturated carbocycles. The summed E-state index contributed by atoms with van der Waals surface area (Å²) in [5.74, 6) is -0.0625. The first-order valence-electron chi connectivity index (χ1n) is 17.4. The van der Waals surface area contributed by atoms with Gasteiger partial charge in [0.2, 0.25) is 5.43 Å². The van der Waals surface area contributed by atoms with Crippen LogP contribution >= 0.6 is 0 Å². The monoisotopic (exact) mass is 697 g/mol. The molecule has 0 bridgehead atoms. The lowest BCUT2D eigenvalue weighted by atomic mass is 9.95. The number of fused-ring (bicyclic) bond motifs is 5. The Balaban J connectivity index is 1.21. The van der Waals surface area contributed by atoms with Crippen molar-refractivity contribution >= 4 is 28.6 Å². The van der Waals surface area contributed by atoms with E-state index < -0.39 is 28.8 Å². The number of pyridine rings is 1. The van der Waals surface area contributed by atoms with Gasteiger partial charge >= 0.3 is 6.09 Å². The zero-order valence-corrected chi connectivity index (χ0v) is 28.8. The van der Waals surface area contributed by atoms with Gasteiger partial charge in [0.05, 0.1) is 30.3 Å². The lowest BCUT2D eigenvalue weighted by Gasteiger charge is -2.31. The van der Waals surface area contributed by atoms with E-state index in [4.69, 9.17) is 18.9 Å². The molecule has 2 fully saturated rings. The van der Waals surface area contributed by atoms with Gasteiger partial charge in [0.25, 0.3) is 5.91 Å². The summed E-state index contributed by atoms with van der Waals surface area (Å²) in [6.45, 7) is 10.2. The predicted octanol–water partition coefficient (Wildman–Crippen LogP) is 4.96. The molecule has 2 saturated heterocycles. The number of nitrogens with one attached hydrogen (secondary N) is 2. The highest BCUT2D eigenvalue weighted by molar-refractivity contribution is 6.01. The molecule has 3 aromatic carbocycles. The van der Waals surface area contributed by atoms with Crippen LogP contribution in [0.1, 0.15) is 43.1 Å². The number of carbonyl (C=O) groups is 2. The normalized spacial score (nSPS) is 17.9. The standard InChI is InChI=1S/C38H40FN5O7/c1-38(2,3)51-37(47)41-23-8-10-43(19-23)33-28(39)16-26-32-35(33)50-31-18-30-25(24-7-5-4-6-22(24)21-49-30)17-29(31)44(32)20-27(34(26)45)36(46)40-9-11-42-12-14-48-15-13-42/h4-7,16-18,20,23H,8-15,19,21H2,1-3H3,(H,40,46)(H,41,47)/t23-/m0/s1. The van der Waals surface area contributed by atoms with E-state index in [9.17, 15) is 14.4 Å². The number of benzene rings is 3. The minimum Gasteiger partial charge on any atom is -0.488 e. The van der Waals surface area contributed by atoms with Crippen molar-refractivity contribution in [3.63, 3.8) is 0 Å². The number of carbonyl (C=O) groups excluding carboxylic acids is 2. The second-order valence-corrected chi connectivity index (χ2v) is 14.3. The minimum absolute atomic E-state index is 0.0229. The van der Waals surface area contributed by atoms with Gasteiger partial charge in [-0.25, -0.2) is 9.18 Å². The number of alkyl carbamates (subject to hydrolysis) is 1. The van der Waals surface area contributed by atoms with Gasteiger partial charge in [-0.3, -0.25) is 14.5 Å². The number of morpholine rings is 1. The number of nitrogens with zero attached hydrogens (tertiary/aromatic N) is 3. The van der Waals surface area contributed by atoms with E-state index in [1.165, 1.54) is 12.3 Å². The average Bonchev–Trinajstić information content (AvgIpc) is 3.55. The molecule has 5 heterocycles. The maximum absolute atomic E-state index is 16.4. The Morgan fingerprint density at radius 2 is 1.84 bits per heavy atom. The zero-order chi connectivity index (χ0) is 35.4. The largest absolute Gasteiger partial charge is 0.488 e. The molecule has 1 atom stereocenters. The van der Waals surface area contributed by atoms with E-state index in [0.29, 0.717) is 75.1 Å². The van der Waals surface area contributed by atoms with Crippen LogP contribution in [0.25, 0.3) is 27.7 Å². The van der Waals surface area contributed by atoms with E-state index in [2.05, 4.69) is 15.5 Å². The fourth-order valence-electron chi connectivity index (χ4n) is 7.29. The van der Waals surface area contributed by atoms with E-state index in [1.54, 1.807) is 31.4 Å². The Kier molecular flexibility index (Phi) is 8.34. The summed E-state index contributed by atoms with van der Waals surface area (Å²) >= 11 is 0. The molecular formula is C38H40FN5O7. The number of aromatic nitrogens is 1. The molecule has 2 N–H and O–H groups in total. The van der Waals surface area contributed by atoms with Gasteiger partial charge in [-0.2, -0.15) is 0 Å². The van der Waals surface area contributed by atoms with Crippen molar-refractivity contribution in [2.24, 2.45) is 0 Å². The summed E-state index contributed by atoms with van der Waals surface area (Å²) < 4.78 is 41.7. The summed E-state index contributed by atoms with van der Waals surface area (Å²) in [5, 5.41) is 5.81. The maximum Gasteiger partial charge on any atom is 0.407 e. The van der Waals surface area contributed by atoms with Crippen LogP contribution in [0.4, 0.5) is 14.9 Å². The molecule has 266 valence electrons. The van der Waals surface area contributed by atoms with E-state index in [0.717, 1.165) is 29.8 Å². The van der Waals surface area contributed by atoms with Crippen molar-refractivity contribution in [1.82, 2.24) is 20.1 Å². The van der Waals surface area contributed by atoms with Crippen LogP contribution in [0, 0.1) is 5.82 Å². The molecule has 4 aromatic rings. The molecule has 0 radical (unpaired) electrons. The summed E-state index contributed by atoms with van der Waals surface area (Å²) in [7, 11) is 0. The van der Waals surface area contributed by atoms with Crippen molar-refractivity contribution in [3.8, 4) is 34.1 Å². The topological polar surface area (TPSA) is 124 Å². The molecule has 0 aliphatic carbocycles. The number of ether oxygens (including phenoxy) is 4. The van der Waals surface area contributed by atoms with Gasteiger partial charge < -0.3 is 39.0 Å². The third-order valence-corrected chi connectivity index (χ3v) is 9.68.